The molecule has 0 heterocycles. The van der Waals surface area contributed by atoms with Gasteiger partial charge in [-0.25, -0.2) is 0 Å². The number of hydrogen-bond donors (Lipinski definition) is 1. The number of fused-ring (bicyclic) bond motifs is 1. The van der Waals surface area contributed by atoms with Gasteiger partial charge in [-0.05, 0) is 50.0 Å². The first-order chi connectivity index (χ1) is 6.60. The van der Waals surface area contributed by atoms with Gasteiger partial charge in [0.15, 0.2) is 0 Å². The Hall–Kier alpha value is -0.300. The number of allylic oxidation sites excluding steroid dienone is 1. The van der Waals surface area contributed by atoms with Crippen molar-refractivity contribution in [2.75, 3.05) is 7.05 Å². The topological polar surface area (TPSA) is 12.0 Å². The van der Waals surface area contributed by atoms with E-state index in [2.05, 4.69) is 32.3 Å². The SMILES string of the molecule is CNC1(C2=CCC3CC2C3(C)C)CC1. The summed E-state index contributed by atoms with van der Waals surface area (Å²) in [6.45, 7) is 4.93. The summed E-state index contributed by atoms with van der Waals surface area (Å²) >= 11 is 0. The Kier molecular flexibility index (Phi) is 1.56. The molecule has 2 fully saturated rings. The van der Waals surface area contributed by atoms with Crippen LogP contribution < -0.4 is 5.32 Å². The molecule has 1 heteroatoms. The molecule has 0 radical (unpaired) electrons. The maximum absolute atomic E-state index is 3.55. The fourth-order valence-corrected chi connectivity index (χ4v) is 3.69. The Balaban J connectivity index is 1.92. The number of hydrogen-bond acceptors (Lipinski definition) is 1. The Labute approximate surface area is 87.0 Å². The van der Waals surface area contributed by atoms with Gasteiger partial charge in [0.1, 0.15) is 0 Å². The molecule has 0 aliphatic heterocycles. The lowest BCUT2D eigenvalue weighted by atomic mass is 9.48. The van der Waals surface area contributed by atoms with Crippen molar-refractivity contribution in [3.05, 3.63) is 11.6 Å². The van der Waals surface area contributed by atoms with Gasteiger partial charge in [0.05, 0.1) is 0 Å². The first kappa shape index (κ1) is 8.96. The lowest BCUT2D eigenvalue weighted by Crippen LogP contribution is -2.52. The smallest absolute Gasteiger partial charge is 0.0395 e. The highest BCUT2D eigenvalue weighted by atomic mass is 15.0. The van der Waals surface area contributed by atoms with Crippen molar-refractivity contribution in [2.24, 2.45) is 17.3 Å². The predicted molar refractivity (Wildman–Crippen MR) is 59.1 cm³/mol. The molecule has 78 valence electrons. The highest BCUT2D eigenvalue weighted by Crippen LogP contribution is 2.63. The van der Waals surface area contributed by atoms with Crippen LogP contribution in [0.4, 0.5) is 0 Å². The summed E-state index contributed by atoms with van der Waals surface area (Å²) < 4.78 is 0. The van der Waals surface area contributed by atoms with Gasteiger partial charge in [0.25, 0.3) is 0 Å². The first-order valence-electron chi connectivity index (χ1n) is 5.99. The summed E-state index contributed by atoms with van der Waals surface area (Å²) in [6.07, 6.45) is 8.08. The average Bonchev–Trinajstić information content (AvgIpc) is 2.98. The van der Waals surface area contributed by atoms with Crippen LogP contribution in [0.15, 0.2) is 11.6 Å². The summed E-state index contributed by atoms with van der Waals surface area (Å²) in [5, 5.41) is 3.55. The van der Waals surface area contributed by atoms with Gasteiger partial charge >= 0.3 is 0 Å². The minimum atomic E-state index is 0.438. The van der Waals surface area contributed by atoms with Gasteiger partial charge in [0, 0.05) is 5.54 Å². The molecule has 14 heavy (non-hydrogen) atoms. The molecule has 0 aromatic carbocycles. The fraction of sp³-hybridized carbons (Fsp3) is 0.846. The zero-order valence-electron chi connectivity index (χ0n) is 9.56. The third-order valence-electron chi connectivity index (χ3n) is 5.25. The second-order valence-corrected chi connectivity index (χ2v) is 6.03. The fourth-order valence-electron chi connectivity index (χ4n) is 3.69. The van der Waals surface area contributed by atoms with E-state index in [9.17, 15) is 0 Å². The number of likely N-dealkylation sites (N-methyl/N-ethyl adjacent to an activating group) is 1. The molecule has 2 atom stereocenters. The average molecular weight is 191 g/mol. The summed E-state index contributed by atoms with van der Waals surface area (Å²) in [5.74, 6) is 1.86. The minimum absolute atomic E-state index is 0.438. The van der Waals surface area contributed by atoms with Crippen molar-refractivity contribution >= 4 is 0 Å². The third kappa shape index (κ3) is 0.894. The first-order valence-corrected chi connectivity index (χ1v) is 5.99. The lowest BCUT2D eigenvalue weighted by Gasteiger charge is -2.58. The van der Waals surface area contributed by atoms with Gasteiger partial charge in [-0.2, -0.15) is 0 Å². The zero-order valence-corrected chi connectivity index (χ0v) is 9.56. The van der Waals surface area contributed by atoms with Crippen LogP contribution in [-0.2, 0) is 0 Å². The van der Waals surface area contributed by atoms with Crippen LogP contribution in [0.2, 0.25) is 0 Å². The van der Waals surface area contributed by atoms with E-state index in [1.54, 1.807) is 5.57 Å². The van der Waals surface area contributed by atoms with Crippen molar-refractivity contribution in [3.63, 3.8) is 0 Å². The van der Waals surface area contributed by atoms with Crippen LogP contribution in [0.3, 0.4) is 0 Å². The summed E-state index contributed by atoms with van der Waals surface area (Å²) in [4.78, 5) is 0. The normalized spacial score (nSPS) is 41.2. The van der Waals surface area contributed by atoms with Crippen LogP contribution in [0, 0.1) is 17.3 Å². The van der Waals surface area contributed by atoms with Gasteiger partial charge < -0.3 is 5.32 Å². The van der Waals surface area contributed by atoms with E-state index in [0.717, 1.165) is 11.8 Å². The summed E-state index contributed by atoms with van der Waals surface area (Å²) in [6, 6.07) is 0. The van der Waals surface area contributed by atoms with E-state index in [-0.39, 0.29) is 0 Å². The number of nitrogens with one attached hydrogen (secondary N) is 1. The second-order valence-electron chi connectivity index (χ2n) is 6.03. The number of rotatable bonds is 2. The quantitative estimate of drug-likeness (QED) is 0.662. The molecule has 0 saturated heterocycles. The van der Waals surface area contributed by atoms with E-state index in [1.165, 1.54) is 25.7 Å². The molecular weight excluding hydrogens is 170 g/mol. The van der Waals surface area contributed by atoms with Crippen LogP contribution in [-0.4, -0.2) is 12.6 Å². The molecule has 4 aliphatic rings. The minimum Gasteiger partial charge on any atom is -0.311 e. The van der Waals surface area contributed by atoms with Crippen LogP contribution in [0.5, 0.6) is 0 Å². The molecule has 0 aromatic rings. The van der Waals surface area contributed by atoms with Crippen molar-refractivity contribution in [3.8, 4) is 0 Å². The second kappa shape index (κ2) is 2.44. The maximum Gasteiger partial charge on any atom is 0.0395 e. The summed E-state index contributed by atoms with van der Waals surface area (Å²) in [7, 11) is 2.13. The van der Waals surface area contributed by atoms with Crippen LogP contribution in [0.1, 0.15) is 39.5 Å². The van der Waals surface area contributed by atoms with E-state index in [1.807, 2.05) is 0 Å². The van der Waals surface area contributed by atoms with Gasteiger partial charge in [-0.3, -0.25) is 0 Å². The van der Waals surface area contributed by atoms with E-state index in [0.29, 0.717) is 11.0 Å². The predicted octanol–water partition coefficient (Wildman–Crippen LogP) is 2.73. The molecule has 2 bridgehead atoms. The van der Waals surface area contributed by atoms with Crippen LogP contribution >= 0.6 is 0 Å². The molecule has 1 nitrogen and oxygen atoms in total. The Morgan fingerprint density at radius 3 is 2.50 bits per heavy atom. The standard InChI is InChI=1S/C13H21N/c1-12(2)9-4-5-10(11(12)8-9)13(14-3)6-7-13/h5,9,11,14H,4,6-8H2,1-3H3. The molecule has 4 rings (SSSR count). The molecule has 0 spiro atoms. The van der Waals surface area contributed by atoms with Gasteiger partial charge in [-0.1, -0.05) is 25.5 Å². The summed E-state index contributed by atoms with van der Waals surface area (Å²) in [5.41, 5.74) is 2.79. The van der Waals surface area contributed by atoms with E-state index >= 15 is 0 Å². The van der Waals surface area contributed by atoms with E-state index in [4.69, 9.17) is 0 Å². The van der Waals surface area contributed by atoms with E-state index < -0.39 is 0 Å². The highest BCUT2D eigenvalue weighted by molar-refractivity contribution is 5.37. The molecule has 2 unspecified atom stereocenters. The van der Waals surface area contributed by atoms with Gasteiger partial charge in [0.2, 0.25) is 0 Å². The third-order valence-corrected chi connectivity index (χ3v) is 5.25. The van der Waals surface area contributed by atoms with Crippen molar-refractivity contribution < 1.29 is 0 Å². The highest BCUT2D eigenvalue weighted by Gasteiger charge is 2.58. The lowest BCUT2D eigenvalue weighted by molar-refractivity contribution is -0.0118. The Morgan fingerprint density at radius 1 is 1.36 bits per heavy atom. The van der Waals surface area contributed by atoms with Crippen molar-refractivity contribution in [2.45, 2.75) is 45.1 Å². The monoisotopic (exact) mass is 191 g/mol. The molecule has 4 aliphatic carbocycles. The van der Waals surface area contributed by atoms with Crippen molar-refractivity contribution in [1.82, 2.24) is 5.32 Å². The molecule has 2 saturated carbocycles. The van der Waals surface area contributed by atoms with Crippen molar-refractivity contribution in [1.29, 1.82) is 0 Å². The molecule has 0 aromatic heterocycles. The largest absolute Gasteiger partial charge is 0.311 e. The zero-order chi connectivity index (χ0) is 9.97. The van der Waals surface area contributed by atoms with Crippen LogP contribution in [0.25, 0.3) is 0 Å². The van der Waals surface area contributed by atoms with Gasteiger partial charge in [-0.15, -0.1) is 0 Å². The molecule has 1 N–H and O–H groups in total. The Bertz CT molecular complexity index is 296. The maximum atomic E-state index is 3.55. The Morgan fingerprint density at radius 2 is 2.07 bits per heavy atom. The molecule has 0 amide bonds. The molecular formula is C13H21N.